The molecule has 0 aromatic heterocycles. The van der Waals surface area contributed by atoms with Gasteiger partial charge in [0.25, 0.3) is 0 Å². The lowest BCUT2D eigenvalue weighted by Gasteiger charge is -2.36. The first kappa shape index (κ1) is 18.8. The zero-order chi connectivity index (χ0) is 19.6. The van der Waals surface area contributed by atoms with Gasteiger partial charge in [0, 0.05) is 37.8 Å². The minimum absolute atomic E-state index is 0.102. The molecule has 0 atom stereocenters. The third kappa shape index (κ3) is 4.21. The van der Waals surface area contributed by atoms with E-state index in [1.54, 1.807) is 17.0 Å². The molecule has 2 amide bonds. The van der Waals surface area contributed by atoms with Crippen LogP contribution in [0.5, 0.6) is 0 Å². The number of piperazine rings is 1. The van der Waals surface area contributed by atoms with Crippen molar-refractivity contribution in [1.29, 1.82) is 0 Å². The Labute approximate surface area is 154 Å². The van der Waals surface area contributed by atoms with Gasteiger partial charge in [0.15, 0.2) is 5.78 Å². The van der Waals surface area contributed by atoms with Gasteiger partial charge in [-0.1, -0.05) is 0 Å². The maximum Gasteiger partial charge on any atom is 0.322 e. The summed E-state index contributed by atoms with van der Waals surface area (Å²) in [6.07, 6.45) is 0. The first-order chi connectivity index (χ1) is 12.8. The molecule has 1 fully saturated rings. The van der Waals surface area contributed by atoms with Crippen molar-refractivity contribution in [3.05, 3.63) is 59.4 Å². The largest absolute Gasteiger partial charge is 0.366 e. The number of nitrogens with zero attached hydrogens (tertiary/aromatic N) is 2. The number of urea groups is 1. The first-order valence-corrected chi connectivity index (χ1v) is 8.41. The third-order valence-corrected chi connectivity index (χ3v) is 4.43. The van der Waals surface area contributed by atoms with Crippen molar-refractivity contribution in [2.24, 2.45) is 0 Å². The van der Waals surface area contributed by atoms with Crippen molar-refractivity contribution in [3.8, 4) is 0 Å². The predicted octanol–water partition coefficient (Wildman–Crippen LogP) is 3.66. The van der Waals surface area contributed by atoms with Crippen molar-refractivity contribution in [2.45, 2.75) is 6.92 Å². The number of ketones is 1. The Kier molecular flexibility index (Phi) is 5.34. The van der Waals surface area contributed by atoms with Gasteiger partial charge in [-0.3, -0.25) is 4.79 Å². The second-order valence-corrected chi connectivity index (χ2v) is 6.25. The Bertz CT molecular complexity index is 880. The first-order valence-electron chi connectivity index (χ1n) is 8.41. The van der Waals surface area contributed by atoms with E-state index in [0.717, 1.165) is 12.1 Å². The van der Waals surface area contributed by atoms with Crippen LogP contribution in [0.4, 0.5) is 29.3 Å². The van der Waals surface area contributed by atoms with Crippen LogP contribution < -0.4 is 10.2 Å². The molecule has 1 heterocycles. The summed E-state index contributed by atoms with van der Waals surface area (Å²) < 4.78 is 40.8. The van der Waals surface area contributed by atoms with E-state index < -0.39 is 23.5 Å². The monoisotopic (exact) mass is 377 g/mol. The van der Waals surface area contributed by atoms with Gasteiger partial charge >= 0.3 is 6.03 Å². The van der Waals surface area contributed by atoms with Gasteiger partial charge in [-0.25, -0.2) is 18.0 Å². The van der Waals surface area contributed by atoms with Gasteiger partial charge in [0.1, 0.15) is 17.5 Å². The molecule has 1 aliphatic rings. The number of carbonyl (C=O) groups excluding carboxylic acids is 2. The van der Waals surface area contributed by atoms with Crippen molar-refractivity contribution in [1.82, 2.24) is 4.90 Å². The highest BCUT2D eigenvalue weighted by molar-refractivity contribution is 5.94. The van der Waals surface area contributed by atoms with Gasteiger partial charge in [0.2, 0.25) is 0 Å². The number of Topliss-reactive ketones (excluding diaryl/α,β-unsaturated/α-hetero) is 1. The van der Waals surface area contributed by atoms with E-state index in [9.17, 15) is 22.8 Å². The highest BCUT2D eigenvalue weighted by Gasteiger charge is 2.23. The molecule has 0 aliphatic carbocycles. The van der Waals surface area contributed by atoms with Crippen molar-refractivity contribution >= 4 is 23.2 Å². The van der Waals surface area contributed by atoms with Gasteiger partial charge in [-0.15, -0.1) is 0 Å². The summed E-state index contributed by atoms with van der Waals surface area (Å²) in [7, 11) is 0. The van der Waals surface area contributed by atoms with Crippen LogP contribution in [-0.4, -0.2) is 42.9 Å². The minimum atomic E-state index is -0.852. The van der Waals surface area contributed by atoms with E-state index in [1.807, 2.05) is 0 Å². The number of anilines is 2. The quantitative estimate of drug-likeness (QED) is 0.831. The summed E-state index contributed by atoms with van der Waals surface area (Å²) >= 11 is 0. The fraction of sp³-hybridized carbons (Fsp3) is 0.263. The second-order valence-electron chi connectivity index (χ2n) is 6.25. The molecular formula is C19H18F3N3O2. The van der Waals surface area contributed by atoms with Crippen LogP contribution in [0.25, 0.3) is 0 Å². The summed E-state index contributed by atoms with van der Waals surface area (Å²) in [5.74, 6) is -2.28. The second kappa shape index (κ2) is 7.69. The predicted molar refractivity (Wildman–Crippen MR) is 95.6 cm³/mol. The van der Waals surface area contributed by atoms with Crippen molar-refractivity contribution in [2.75, 3.05) is 36.4 Å². The van der Waals surface area contributed by atoms with Crippen LogP contribution in [0.2, 0.25) is 0 Å². The Balaban J connectivity index is 1.61. The summed E-state index contributed by atoms with van der Waals surface area (Å²) in [5, 5.41) is 2.41. The minimum Gasteiger partial charge on any atom is -0.366 e. The maximum atomic E-state index is 14.3. The summed E-state index contributed by atoms with van der Waals surface area (Å²) in [6.45, 7) is 2.76. The van der Waals surface area contributed by atoms with Crippen LogP contribution in [0, 0.1) is 17.5 Å². The number of halogens is 3. The number of nitrogens with one attached hydrogen (secondary N) is 1. The van der Waals surface area contributed by atoms with Crippen molar-refractivity contribution < 1.29 is 22.8 Å². The molecule has 2 aromatic carbocycles. The zero-order valence-corrected chi connectivity index (χ0v) is 14.6. The van der Waals surface area contributed by atoms with Crippen LogP contribution in [0.3, 0.4) is 0 Å². The molecule has 5 nitrogen and oxygen atoms in total. The van der Waals surface area contributed by atoms with Gasteiger partial charge in [0.05, 0.1) is 11.4 Å². The number of rotatable bonds is 3. The molecule has 0 spiro atoms. The fourth-order valence-corrected chi connectivity index (χ4v) is 2.92. The molecule has 1 N–H and O–H groups in total. The van der Waals surface area contributed by atoms with Crippen LogP contribution in [0.15, 0.2) is 36.4 Å². The van der Waals surface area contributed by atoms with Crippen LogP contribution in [0.1, 0.15) is 17.3 Å². The molecule has 1 saturated heterocycles. The van der Waals surface area contributed by atoms with Crippen LogP contribution >= 0.6 is 0 Å². The molecule has 8 heteroatoms. The smallest absolute Gasteiger partial charge is 0.322 e. The molecule has 0 unspecified atom stereocenters. The molecule has 0 radical (unpaired) electrons. The van der Waals surface area contributed by atoms with Gasteiger partial charge in [-0.2, -0.15) is 0 Å². The third-order valence-electron chi connectivity index (χ3n) is 4.43. The van der Waals surface area contributed by atoms with E-state index in [4.69, 9.17) is 0 Å². The number of hydrogen-bond acceptors (Lipinski definition) is 3. The van der Waals surface area contributed by atoms with Crippen molar-refractivity contribution in [3.63, 3.8) is 0 Å². The number of benzene rings is 2. The van der Waals surface area contributed by atoms with E-state index in [-0.39, 0.29) is 11.5 Å². The van der Waals surface area contributed by atoms with E-state index in [1.165, 1.54) is 17.9 Å². The highest BCUT2D eigenvalue weighted by Crippen LogP contribution is 2.23. The molecule has 0 bridgehead atoms. The van der Waals surface area contributed by atoms with Crippen LogP contribution in [-0.2, 0) is 0 Å². The SMILES string of the molecule is CC(=O)c1ccc(N2CCN(C(=O)Nc3ccc(F)cc3F)CC2)c(F)c1. The summed E-state index contributed by atoms with van der Waals surface area (Å²) in [5.41, 5.74) is 0.565. The van der Waals surface area contributed by atoms with E-state index in [2.05, 4.69) is 5.32 Å². The average molecular weight is 377 g/mol. The number of amides is 2. The molecule has 142 valence electrons. The number of carbonyl (C=O) groups is 2. The molecule has 2 aromatic rings. The fourth-order valence-electron chi connectivity index (χ4n) is 2.92. The maximum absolute atomic E-state index is 14.3. The lowest BCUT2D eigenvalue weighted by Crippen LogP contribution is -2.50. The zero-order valence-electron chi connectivity index (χ0n) is 14.6. The normalized spacial score (nSPS) is 14.2. The molecule has 1 aliphatic heterocycles. The average Bonchev–Trinajstić information content (AvgIpc) is 2.64. The Morgan fingerprint density at radius 3 is 2.22 bits per heavy atom. The molecular weight excluding hydrogens is 359 g/mol. The van der Waals surface area contributed by atoms with Gasteiger partial charge < -0.3 is 15.1 Å². The molecule has 3 rings (SSSR count). The lowest BCUT2D eigenvalue weighted by molar-refractivity contribution is 0.101. The molecule has 27 heavy (non-hydrogen) atoms. The summed E-state index contributed by atoms with van der Waals surface area (Å²) in [4.78, 5) is 26.8. The Morgan fingerprint density at radius 2 is 1.63 bits per heavy atom. The van der Waals surface area contributed by atoms with Gasteiger partial charge in [-0.05, 0) is 37.3 Å². The molecule has 0 saturated carbocycles. The standard InChI is InChI=1S/C19H18F3N3O2/c1-12(26)13-2-5-18(16(22)10-13)24-6-8-25(9-7-24)19(27)23-17-4-3-14(20)11-15(17)21/h2-5,10-11H,6-9H2,1H3,(H,23,27). The van der Waals surface area contributed by atoms with E-state index in [0.29, 0.717) is 43.5 Å². The lowest BCUT2D eigenvalue weighted by atomic mass is 10.1. The Hall–Kier alpha value is -3.03. The highest BCUT2D eigenvalue weighted by atomic mass is 19.1. The topological polar surface area (TPSA) is 52.7 Å². The summed E-state index contributed by atoms with van der Waals surface area (Å²) in [6, 6.07) is 6.73. The Morgan fingerprint density at radius 1 is 0.926 bits per heavy atom. The number of hydrogen-bond donors (Lipinski definition) is 1. The van der Waals surface area contributed by atoms with E-state index >= 15 is 0 Å².